The Morgan fingerprint density at radius 1 is 1.30 bits per heavy atom. The van der Waals surface area contributed by atoms with Gasteiger partial charge in [-0.15, -0.1) is 0 Å². The maximum atomic E-state index is 12.2. The van der Waals surface area contributed by atoms with E-state index in [1.54, 1.807) is 4.90 Å². The highest BCUT2D eigenvalue weighted by atomic mass is 16.4. The summed E-state index contributed by atoms with van der Waals surface area (Å²) in [4.78, 5) is 27.3. The van der Waals surface area contributed by atoms with Crippen LogP contribution in [0.1, 0.15) is 34.1 Å². The van der Waals surface area contributed by atoms with Crippen LogP contribution in [0.25, 0.3) is 0 Å². The highest BCUT2D eigenvalue weighted by Crippen LogP contribution is 2.19. The molecule has 0 bridgehead atoms. The predicted molar refractivity (Wildman–Crippen MR) is 77.7 cm³/mol. The molecule has 2 N–H and O–H groups in total. The third-order valence-electron chi connectivity index (χ3n) is 3.91. The molecule has 20 heavy (non-hydrogen) atoms. The van der Waals surface area contributed by atoms with Crippen molar-refractivity contribution in [3.63, 3.8) is 0 Å². The number of likely N-dealkylation sites (N-methyl/N-ethyl adjacent to an activating group) is 1. The van der Waals surface area contributed by atoms with E-state index in [9.17, 15) is 14.7 Å². The van der Waals surface area contributed by atoms with Crippen LogP contribution in [0.4, 0.5) is 4.79 Å². The summed E-state index contributed by atoms with van der Waals surface area (Å²) >= 11 is 0. The van der Waals surface area contributed by atoms with Gasteiger partial charge in [0.1, 0.15) is 6.04 Å². The van der Waals surface area contributed by atoms with Crippen LogP contribution in [0.15, 0.2) is 0 Å². The van der Waals surface area contributed by atoms with Crippen LogP contribution in [0.2, 0.25) is 0 Å². The Morgan fingerprint density at radius 2 is 1.90 bits per heavy atom. The van der Waals surface area contributed by atoms with Crippen LogP contribution in [0.3, 0.4) is 0 Å². The number of piperazine rings is 1. The van der Waals surface area contributed by atoms with Crippen LogP contribution in [-0.2, 0) is 4.79 Å². The fourth-order valence-corrected chi connectivity index (χ4v) is 2.35. The van der Waals surface area contributed by atoms with E-state index in [0.717, 1.165) is 6.54 Å². The van der Waals surface area contributed by atoms with Crippen LogP contribution in [0, 0.1) is 5.92 Å². The molecular weight excluding hydrogens is 258 g/mol. The molecule has 6 nitrogen and oxygen atoms in total. The Bertz CT molecular complexity index is 369. The Morgan fingerprint density at radius 3 is 2.35 bits per heavy atom. The second-order valence-corrected chi connectivity index (χ2v) is 6.63. The third-order valence-corrected chi connectivity index (χ3v) is 3.91. The quantitative estimate of drug-likeness (QED) is 0.814. The summed E-state index contributed by atoms with van der Waals surface area (Å²) in [6.45, 7) is 10.1. The molecule has 0 aromatic heterocycles. The second kappa shape index (κ2) is 6.43. The minimum atomic E-state index is -0.972. The van der Waals surface area contributed by atoms with E-state index in [1.807, 2.05) is 20.9 Å². The summed E-state index contributed by atoms with van der Waals surface area (Å²) in [5, 5.41) is 11.8. The van der Waals surface area contributed by atoms with Crippen molar-refractivity contribution in [2.45, 2.75) is 45.7 Å². The van der Waals surface area contributed by atoms with Crippen molar-refractivity contribution >= 4 is 12.0 Å². The van der Waals surface area contributed by atoms with Crippen molar-refractivity contribution in [3.8, 4) is 0 Å². The number of rotatable bonds is 4. The van der Waals surface area contributed by atoms with Gasteiger partial charge < -0.3 is 15.3 Å². The molecule has 6 heteroatoms. The molecule has 2 amide bonds. The molecule has 1 aliphatic rings. The number of carbonyl (C=O) groups is 2. The molecule has 0 aliphatic carbocycles. The molecule has 1 heterocycles. The van der Waals surface area contributed by atoms with Crippen molar-refractivity contribution in [2.24, 2.45) is 5.92 Å². The average Bonchev–Trinajstić information content (AvgIpc) is 2.30. The summed E-state index contributed by atoms with van der Waals surface area (Å²) in [6.07, 6.45) is 0.443. The summed E-state index contributed by atoms with van der Waals surface area (Å²) < 4.78 is 0. The molecule has 0 aromatic rings. The van der Waals surface area contributed by atoms with Gasteiger partial charge >= 0.3 is 12.0 Å². The number of hydrogen-bond donors (Lipinski definition) is 2. The molecule has 1 aliphatic heterocycles. The summed E-state index contributed by atoms with van der Waals surface area (Å²) in [6, 6.07) is -1.09. The molecule has 0 aromatic carbocycles. The Hall–Kier alpha value is -1.30. The summed E-state index contributed by atoms with van der Waals surface area (Å²) in [5.74, 6) is -0.749. The first-order chi connectivity index (χ1) is 9.13. The number of nitrogens with zero attached hydrogens (tertiary/aromatic N) is 2. The lowest BCUT2D eigenvalue weighted by atomic mass is 10.00. The number of carbonyl (C=O) groups excluding carboxylic acids is 1. The number of hydrogen-bond acceptors (Lipinski definition) is 3. The fraction of sp³-hybridized carbons (Fsp3) is 0.857. The van der Waals surface area contributed by atoms with Gasteiger partial charge in [0.25, 0.3) is 0 Å². The van der Waals surface area contributed by atoms with Crippen molar-refractivity contribution < 1.29 is 14.7 Å². The Labute approximate surface area is 121 Å². The van der Waals surface area contributed by atoms with Gasteiger partial charge in [0.05, 0.1) is 0 Å². The number of aliphatic carboxylic acids is 1. The Balaban J connectivity index is 2.63. The molecule has 0 saturated carbocycles. The largest absolute Gasteiger partial charge is 0.480 e. The zero-order chi connectivity index (χ0) is 15.5. The lowest BCUT2D eigenvalue weighted by Crippen LogP contribution is -2.61. The lowest BCUT2D eigenvalue weighted by Gasteiger charge is -2.45. The summed E-state index contributed by atoms with van der Waals surface area (Å²) in [7, 11) is 2.04. The fourth-order valence-electron chi connectivity index (χ4n) is 2.35. The molecule has 1 rings (SSSR count). The van der Waals surface area contributed by atoms with Gasteiger partial charge in [-0.3, -0.25) is 4.90 Å². The monoisotopic (exact) mass is 285 g/mol. The molecular formula is C14H27N3O3. The van der Waals surface area contributed by atoms with E-state index in [1.165, 1.54) is 0 Å². The van der Waals surface area contributed by atoms with E-state index < -0.39 is 12.0 Å². The van der Waals surface area contributed by atoms with E-state index in [2.05, 4.69) is 24.1 Å². The van der Waals surface area contributed by atoms with Crippen LogP contribution in [-0.4, -0.2) is 65.2 Å². The highest BCUT2D eigenvalue weighted by Gasteiger charge is 2.34. The lowest BCUT2D eigenvalue weighted by molar-refractivity contribution is -0.139. The molecule has 1 saturated heterocycles. The number of urea groups is 1. The number of nitrogens with one attached hydrogen (secondary N) is 1. The third kappa shape index (κ3) is 4.37. The van der Waals surface area contributed by atoms with E-state index in [0.29, 0.717) is 19.5 Å². The topological polar surface area (TPSA) is 72.9 Å². The minimum absolute atomic E-state index is 0.0909. The maximum Gasteiger partial charge on any atom is 0.326 e. The van der Waals surface area contributed by atoms with Crippen molar-refractivity contribution in [1.29, 1.82) is 0 Å². The molecule has 1 atom stereocenters. The standard InChI is InChI=1S/C14H27N3O3/c1-10(2)8-11(12(18)19)15-13(20)17-7-6-16(5)14(3,4)9-17/h10-11H,6-9H2,1-5H3,(H,15,20)(H,18,19)/t11-/m0/s1. The van der Waals surface area contributed by atoms with Crippen molar-refractivity contribution in [1.82, 2.24) is 15.1 Å². The highest BCUT2D eigenvalue weighted by molar-refractivity contribution is 5.82. The van der Waals surface area contributed by atoms with Gasteiger partial charge in [-0.25, -0.2) is 9.59 Å². The zero-order valence-corrected chi connectivity index (χ0v) is 13.1. The van der Waals surface area contributed by atoms with Gasteiger partial charge in [-0.1, -0.05) is 13.8 Å². The van der Waals surface area contributed by atoms with E-state index >= 15 is 0 Å². The predicted octanol–water partition coefficient (Wildman–Crippen LogP) is 1.22. The normalized spacial score (nSPS) is 20.8. The van der Waals surface area contributed by atoms with Gasteiger partial charge in [0.15, 0.2) is 0 Å². The molecule has 0 radical (unpaired) electrons. The SMILES string of the molecule is CC(C)C[C@H](NC(=O)N1CCN(C)C(C)(C)C1)C(=O)O. The number of amides is 2. The van der Waals surface area contributed by atoms with Crippen molar-refractivity contribution in [3.05, 3.63) is 0 Å². The second-order valence-electron chi connectivity index (χ2n) is 6.63. The van der Waals surface area contributed by atoms with E-state index in [4.69, 9.17) is 0 Å². The number of carboxylic acid groups (broad SMARTS) is 1. The smallest absolute Gasteiger partial charge is 0.326 e. The molecule has 0 spiro atoms. The Kier molecular flexibility index (Phi) is 5.39. The minimum Gasteiger partial charge on any atom is -0.480 e. The molecule has 116 valence electrons. The number of carboxylic acids is 1. The molecule has 1 fully saturated rings. The van der Waals surface area contributed by atoms with Crippen LogP contribution in [0.5, 0.6) is 0 Å². The van der Waals surface area contributed by atoms with Gasteiger partial charge in [-0.2, -0.15) is 0 Å². The maximum absolute atomic E-state index is 12.2. The first-order valence-electron chi connectivity index (χ1n) is 7.13. The van der Waals surface area contributed by atoms with Gasteiger partial charge in [0.2, 0.25) is 0 Å². The van der Waals surface area contributed by atoms with Gasteiger partial charge in [0, 0.05) is 25.2 Å². The van der Waals surface area contributed by atoms with E-state index in [-0.39, 0.29) is 17.5 Å². The molecule has 0 unspecified atom stereocenters. The zero-order valence-electron chi connectivity index (χ0n) is 13.1. The van der Waals surface area contributed by atoms with Gasteiger partial charge in [-0.05, 0) is 33.2 Å². The summed E-state index contributed by atoms with van der Waals surface area (Å²) in [5.41, 5.74) is -0.0909. The average molecular weight is 285 g/mol. The first kappa shape index (κ1) is 16.8. The van der Waals surface area contributed by atoms with Crippen LogP contribution < -0.4 is 5.32 Å². The van der Waals surface area contributed by atoms with Crippen molar-refractivity contribution in [2.75, 3.05) is 26.7 Å². The first-order valence-corrected chi connectivity index (χ1v) is 7.13. The van der Waals surface area contributed by atoms with Crippen LogP contribution >= 0.6 is 0 Å².